The lowest BCUT2D eigenvalue weighted by molar-refractivity contribution is 0.0703. The standard InChI is InChI=1S/C18H19NO/c1-2-11-18(20,15-6-4-3-5-7-15)16-8-9-17-14(13-16)10-12-19-17/h3-10,12-13,19-20H,2,11H2,1H3. The van der Waals surface area contributed by atoms with Crippen LogP contribution in [0.1, 0.15) is 30.9 Å². The zero-order chi connectivity index (χ0) is 14.0. The highest BCUT2D eigenvalue weighted by atomic mass is 16.3. The fourth-order valence-electron chi connectivity index (χ4n) is 2.84. The van der Waals surface area contributed by atoms with Crippen molar-refractivity contribution in [2.75, 3.05) is 0 Å². The van der Waals surface area contributed by atoms with Gasteiger partial charge in [0.05, 0.1) is 0 Å². The number of aromatic nitrogens is 1. The van der Waals surface area contributed by atoms with Gasteiger partial charge in [-0.3, -0.25) is 0 Å². The van der Waals surface area contributed by atoms with E-state index in [-0.39, 0.29) is 0 Å². The van der Waals surface area contributed by atoms with Crippen molar-refractivity contribution in [2.24, 2.45) is 0 Å². The maximum Gasteiger partial charge on any atom is 0.115 e. The van der Waals surface area contributed by atoms with Crippen LogP contribution in [-0.2, 0) is 5.60 Å². The van der Waals surface area contributed by atoms with Crippen LogP contribution < -0.4 is 0 Å². The third-order valence-electron chi connectivity index (χ3n) is 3.89. The van der Waals surface area contributed by atoms with Crippen LogP contribution in [0.5, 0.6) is 0 Å². The second kappa shape index (κ2) is 5.14. The SMILES string of the molecule is CCCC(O)(c1ccccc1)c1ccc2[nH]ccc2c1. The Morgan fingerprint density at radius 2 is 1.80 bits per heavy atom. The average Bonchev–Trinajstić information content (AvgIpc) is 2.95. The molecule has 1 heterocycles. The number of aliphatic hydroxyl groups is 1. The molecule has 102 valence electrons. The Morgan fingerprint density at radius 3 is 2.55 bits per heavy atom. The van der Waals surface area contributed by atoms with Crippen LogP contribution in [0.3, 0.4) is 0 Å². The van der Waals surface area contributed by atoms with Gasteiger partial charge >= 0.3 is 0 Å². The Morgan fingerprint density at radius 1 is 1.00 bits per heavy atom. The second-order valence-corrected chi connectivity index (χ2v) is 5.26. The average molecular weight is 265 g/mol. The van der Waals surface area contributed by atoms with Crippen LogP contribution in [0, 0.1) is 0 Å². The second-order valence-electron chi connectivity index (χ2n) is 5.26. The van der Waals surface area contributed by atoms with Crippen molar-refractivity contribution in [1.29, 1.82) is 0 Å². The topological polar surface area (TPSA) is 36.0 Å². The van der Waals surface area contributed by atoms with Crippen LogP contribution in [0.2, 0.25) is 0 Å². The molecule has 0 aliphatic carbocycles. The number of hydrogen-bond donors (Lipinski definition) is 2. The molecule has 1 aromatic heterocycles. The molecule has 0 saturated carbocycles. The van der Waals surface area contributed by atoms with Gasteiger partial charge in [-0.15, -0.1) is 0 Å². The lowest BCUT2D eigenvalue weighted by atomic mass is 9.82. The molecule has 0 saturated heterocycles. The van der Waals surface area contributed by atoms with Gasteiger partial charge in [-0.25, -0.2) is 0 Å². The largest absolute Gasteiger partial charge is 0.380 e. The number of benzene rings is 2. The van der Waals surface area contributed by atoms with Gasteiger partial charge in [0.1, 0.15) is 5.60 Å². The first-order valence-corrected chi connectivity index (χ1v) is 7.09. The minimum atomic E-state index is -0.915. The summed E-state index contributed by atoms with van der Waals surface area (Å²) in [5, 5.41) is 12.4. The molecule has 0 aliphatic heterocycles. The fraction of sp³-hybridized carbons (Fsp3) is 0.222. The zero-order valence-corrected chi connectivity index (χ0v) is 11.6. The van der Waals surface area contributed by atoms with E-state index in [1.54, 1.807) is 0 Å². The van der Waals surface area contributed by atoms with E-state index in [2.05, 4.69) is 18.0 Å². The Kier molecular flexibility index (Phi) is 3.33. The first-order valence-electron chi connectivity index (χ1n) is 7.09. The molecule has 0 bridgehead atoms. The normalized spacial score (nSPS) is 14.3. The summed E-state index contributed by atoms with van der Waals surface area (Å²) in [6.45, 7) is 2.10. The quantitative estimate of drug-likeness (QED) is 0.728. The summed E-state index contributed by atoms with van der Waals surface area (Å²) in [7, 11) is 0. The number of aromatic amines is 1. The van der Waals surface area contributed by atoms with E-state index in [0.717, 1.165) is 28.5 Å². The molecule has 3 rings (SSSR count). The zero-order valence-electron chi connectivity index (χ0n) is 11.6. The highest BCUT2D eigenvalue weighted by Crippen LogP contribution is 2.35. The maximum atomic E-state index is 11.2. The monoisotopic (exact) mass is 265 g/mol. The van der Waals surface area contributed by atoms with Crippen molar-refractivity contribution in [3.05, 3.63) is 71.9 Å². The lowest BCUT2D eigenvalue weighted by Crippen LogP contribution is -2.27. The Bertz CT molecular complexity index is 702. The third-order valence-corrected chi connectivity index (χ3v) is 3.89. The maximum absolute atomic E-state index is 11.2. The summed E-state index contributed by atoms with van der Waals surface area (Å²) in [5.41, 5.74) is 2.09. The summed E-state index contributed by atoms with van der Waals surface area (Å²) in [6, 6.07) is 18.1. The first kappa shape index (κ1) is 12.9. The summed E-state index contributed by atoms with van der Waals surface area (Å²) in [4.78, 5) is 3.19. The van der Waals surface area contributed by atoms with Gasteiger partial charge in [-0.05, 0) is 41.1 Å². The molecule has 0 fully saturated rings. The molecule has 0 radical (unpaired) electrons. The Hall–Kier alpha value is -2.06. The molecule has 1 unspecified atom stereocenters. The fourth-order valence-corrected chi connectivity index (χ4v) is 2.84. The van der Waals surface area contributed by atoms with Crippen molar-refractivity contribution in [3.63, 3.8) is 0 Å². The first-order chi connectivity index (χ1) is 9.74. The smallest absolute Gasteiger partial charge is 0.115 e. The summed E-state index contributed by atoms with van der Waals surface area (Å²) in [5.74, 6) is 0. The molecule has 2 aromatic carbocycles. The van der Waals surface area contributed by atoms with E-state index in [9.17, 15) is 5.11 Å². The minimum absolute atomic E-state index is 0.715. The molecule has 3 aromatic rings. The molecular formula is C18H19NO. The Labute approximate surface area is 119 Å². The van der Waals surface area contributed by atoms with E-state index in [1.165, 1.54) is 0 Å². The van der Waals surface area contributed by atoms with E-state index < -0.39 is 5.60 Å². The summed E-state index contributed by atoms with van der Waals surface area (Å²) < 4.78 is 0. The predicted octanol–water partition coefficient (Wildman–Crippen LogP) is 4.20. The summed E-state index contributed by atoms with van der Waals surface area (Å²) in [6.07, 6.45) is 3.57. The van der Waals surface area contributed by atoms with Crippen molar-refractivity contribution in [3.8, 4) is 0 Å². The lowest BCUT2D eigenvalue weighted by Gasteiger charge is -2.29. The molecule has 0 amide bonds. The number of H-pyrrole nitrogens is 1. The summed E-state index contributed by atoms with van der Waals surface area (Å²) >= 11 is 0. The molecule has 2 heteroatoms. The van der Waals surface area contributed by atoms with E-state index in [0.29, 0.717) is 6.42 Å². The van der Waals surface area contributed by atoms with Gasteiger partial charge in [0.15, 0.2) is 0 Å². The van der Waals surface area contributed by atoms with Gasteiger partial charge in [0, 0.05) is 11.7 Å². The molecule has 20 heavy (non-hydrogen) atoms. The van der Waals surface area contributed by atoms with Crippen molar-refractivity contribution >= 4 is 10.9 Å². The highest BCUT2D eigenvalue weighted by Gasteiger charge is 2.30. The molecule has 2 N–H and O–H groups in total. The van der Waals surface area contributed by atoms with E-state index in [4.69, 9.17) is 0 Å². The Balaban J connectivity index is 2.14. The van der Waals surface area contributed by atoms with Crippen molar-refractivity contribution in [1.82, 2.24) is 4.98 Å². The van der Waals surface area contributed by atoms with Gasteiger partial charge in [0.25, 0.3) is 0 Å². The number of nitrogens with one attached hydrogen (secondary N) is 1. The molecule has 2 nitrogen and oxygen atoms in total. The predicted molar refractivity (Wildman–Crippen MR) is 82.6 cm³/mol. The highest BCUT2D eigenvalue weighted by molar-refractivity contribution is 5.80. The van der Waals surface area contributed by atoms with E-state index in [1.807, 2.05) is 54.7 Å². The van der Waals surface area contributed by atoms with Gasteiger partial charge < -0.3 is 10.1 Å². The van der Waals surface area contributed by atoms with Gasteiger partial charge in [-0.2, -0.15) is 0 Å². The number of hydrogen-bond acceptors (Lipinski definition) is 1. The third kappa shape index (κ3) is 2.12. The molecule has 1 atom stereocenters. The number of rotatable bonds is 4. The molecule has 0 aliphatic rings. The van der Waals surface area contributed by atoms with Crippen LogP contribution in [0.4, 0.5) is 0 Å². The van der Waals surface area contributed by atoms with Crippen molar-refractivity contribution < 1.29 is 5.11 Å². The molecule has 0 spiro atoms. The van der Waals surface area contributed by atoms with E-state index >= 15 is 0 Å². The van der Waals surface area contributed by atoms with Crippen molar-refractivity contribution in [2.45, 2.75) is 25.4 Å². The number of fused-ring (bicyclic) bond motifs is 1. The van der Waals surface area contributed by atoms with Crippen LogP contribution in [0.15, 0.2) is 60.8 Å². The molecular weight excluding hydrogens is 246 g/mol. The van der Waals surface area contributed by atoms with Gasteiger partial charge in [0.2, 0.25) is 0 Å². The van der Waals surface area contributed by atoms with Crippen LogP contribution in [0.25, 0.3) is 10.9 Å². The van der Waals surface area contributed by atoms with Crippen LogP contribution >= 0.6 is 0 Å². The van der Waals surface area contributed by atoms with Gasteiger partial charge in [-0.1, -0.05) is 49.7 Å². The minimum Gasteiger partial charge on any atom is -0.380 e. The van der Waals surface area contributed by atoms with Crippen LogP contribution in [-0.4, -0.2) is 10.1 Å².